The first-order chi connectivity index (χ1) is 13.1. The SMILES string of the molecule is Cc1cc(SCC(=O)Nc2ccc(N=Nc3ccccc3)cc2)nc(C)n1. The molecule has 0 radical (unpaired) electrons. The predicted octanol–water partition coefficient (Wildman–Crippen LogP) is 5.24. The van der Waals surface area contributed by atoms with E-state index in [-0.39, 0.29) is 11.7 Å². The van der Waals surface area contributed by atoms with Crippen molar-refractivity contribution in [2.24, 2.45) is 10.2 Å². The highest BCUT2D eigenvalue weighted by molar-refractivity contribution is 7.99. The topological polar surface area (TPSA) is 79.6 Å². The Morgan fingerprint density at radius 2 is 1.63 bits per heavy atom. The van der Waals surface area contributed by atoms with Crippen molar-refractivity contribution in [2.45, 2.75) is 18.9 Å². The van der Waals surface area contributed by atoms with Crippen LogP contribution in [0.2, 0.25) is 0 Å². The predicted molar refractivity (Wildman–Crippen MR) is 108 cm³/mol. The third-order valence-corrected chi connectivity index (χ3v) is 4.39. The van der Waals surface area contributed by atoms with Gasteiger partial charge >= 0.3 is 0 Å². The molecule has 0 atom stereocenters. The first-order valence-electron chi connectivity index (χ1n) is 8.40. The Morgan fingerprint density at radius 3 is 2.30 bits per heavy atom. The number of anilines is 1. The van der Waals surface area contributed by atoms with Gasteiger partial charge in [0.2, 0.25) is 5.91 Å². The minimum absolute atomic E-state index is 0.0902. The van der Waals surface area contributed by atoms with E-state index >= 15 is 0 Å². The average Bonchev–Trinajstić information content (AvgIpc) is 2.66. The number of thioether (sulfide) groups is 1. The van der Waals surface area contributed by atoms with Gasteiger partial charge in [0.05, 0.1) is 17.1 Å². The molecule has 0 bridgehead atoms. The van der Waals surface area contributed by atoms with Crippen molar-refractivity contribution < 1.29 is 4.79 Å². The fourth-order valence-electron chi connectivity index (χ4n) is 2.32. The number of nitrogens with zero attached hydrogens (tertiary/aromatic N) is 4. The standard InChI is InChI=1S/C20H19N5OS/c1-14-12-20(22-15(2)21-14)27-13-19(26)23-16-8-10-18(11-9-16)25-24-17-6-4-3-5-7-17/h3-12H,13H2,1-2H3,(H,23,26). The van der Waals surface area contributed by atoms with Gasteiger partial charge < -0.3 is 5.32 Å². The van der Waals surface area contributed by atoms with E-state index in [9.17, 15) is 4.79 Å². The highest BCUT2D eigenvalue weighted by atomic mass is 32.2. The van der Waals surface area contributed by atoms with Crippen molar-refractivity contribution in [3.05, 3.63) is 72.2 Å². The normalized spacial score (nSPS) is 10.9. The Morgan fingerprint density at radius 1 is 0.963 bits per heavy atom. The van der Waals surface area contributed by atoms with Gasteiger partial charge in [-0.25, -0.2) is 9.97 Å². The number of nitrogens with one attached hydrogen (secondary N) is 1. The molecule has 0 fully saturated rings. The lowest BCUT2D eigenvalue weighted by molar-refractivity contribution is -0.113. The fourth-order valence-corrected chi connectivity index (χ4v) is 3.12. The van der Waals surface area contributed by atoms with Crippen LogP contribution in [0.1, 0.15) is 11.5 Å². The first-order valence-corrected chi connectivity index (χ1v) is 9.39. The van der Waals surface area contributed by atoms with E-state index in [2.05, 4.69) is 25.5 Å². The highest BCUT2D eigenvalue weighted by Crippen LogP contribution is 2.21. The Balaban J connectivity index is 1.53. The molecule has 2 aromatic carbocycles. The summed E-state index contributed by atoms with van der Waals surface area (Å²) in [5.74, 6) is 0.900. The number of aryl methyl sites for hydroxylation is 2. The number of amides is 1. The van der Waals surface area contributed by atoms with Crippen molar-refractivity contribution in [1.82, 2.24) is 9.97 Å². The summed E-state index contributed by atoms with van der Waals surface area (Å²) in [7, 11) is 0. The van der Waals surface area contributed by atoms with Crippen molar-refractivity contribution in [1.29, 1.82) is 0 Å². The molecule has 0 aliphatic carbocycles. The minimum atomic E-state index is -0.0902. The van der Waals surface area contributed by atoms with Gasteiger partial charge in [-0.3, -0.25) is 4.79 Å². The van der Waals surface area contributed by atoms with E-state index in [1.165, 1.54) is 11.8 Å². The van der Waals surface area contributed by atoms with E-state index in [0.717, 1.165) is 22.1 Å². The fraction of sp³-hybridized carbons (Fsp3) is 0.150. The van der Waals surface area contributed by atoms with Gasteiger partial charge in [-0.2, -0.15) is 10.2 Å². The van der Waals surface area contributed by atoms with Crippen LogP contribution in [-0.4, -0.2) is 21.6 Å². The molecule has 0 saturated heterocycles. The number of carbonyl (C=O) groups excluding carboxylic acids is 1. The highest BCUT2D eigenvalue weighted by Gasteiger charge is 2.06. The third kappa shape index (κ3) is 6.00. The van der Waals surface area contributed by atoms with E-state index < -0.39 is 0 Å². The molecule has 136 valence electrons. The van der Waals surface area contributed by atoms with Crippen LogP contribution in [0.4, 0.5) is 17.1 Å². The summed E-state index contributed by atoms with van der Waals surface area (Å²) in [4.78, 5) is 20.7. The number of aromatic nitrogens is 2. The van der Waals surface area contributed by atoms with Gasteiger partial charge in [0.15, 0.2) is 0 Å². The van der Waals surface area contributed by atoms with Crippen LogP contribution in [0.5, 0.6) is 0 Å². The zero-order valence-corrected chi connectivity index (χ0v) is 15.9. The van der Waals surface area contributed by atoms with E-state index in [1.807, 2.05) is 62.4 Å². The van der Waals surface area contributed by atoms with E-state index in [0.29, 0.717) is 11.5 Å². The Kier molecular flexibility index (Phi) is 6.27. The lowest BCUT2D eigenvalue weighted by Crippen LogP contribution is -2.14. The van der Waals surface area contributed by atoms with Crippen molar-refractivity contribution >= 4 is 34.7 Å². The molecule has 3 aromatic rings. The van der Waals surface area contributed by atoms with Crippen molar-refractivity contribution in [2.75, 3.05) is 11.1 Å². The molecule has 1 amide bonds. The summed E-state index contributed by atoms with van der Waals surface area (Å²) >= 11 is 1.39. The number of benzene rings is 2. The second-order valence-corrected chi connectivity index (χ2v) is 6.81. The minimum Gasteiger partial charge on any atom is -0.325 e. The van der Waals surface area contributed by atoms with Crippen LogP contribution in [0.25, 0.3) is 0 Å². The maximum atomic E-state index is 12.1. The Bertz CT molecular complexity index is 922. The van der Waals surface area contributed by atoms with Gasteiger partial charge in [-0.1, -0.05) is 30.0 Å². The maximum Gasteiger partial charge on any atom is 0.234 e. The number of carbonyl (C=O) groups is 1. The number of hydrogen-bond donors (Lipinski definition) is 1. The number of rotatable bonds is 6. The zero-order chi connectivity index (χ0) is 19.1. The molecule has 1 N–H and O–H groups in total. The molecule has 6 nitrogen and oxygen atoms in total. The molecular weight excluding hydrogens is 358 g/mol. The summed E-state index contributed by atoms with van der Waals surface area (Å²) in [6, 6.07) is 18.6. The summed E-state index contributed by atoms with van der Waals surface area (Å²) in [6.45, 7) is 3.75. The molecule has 0 aliphatic heterocycles. The van der Waals surface area contributed by atoms with Crippen LogP contribution in [0, 0.1) is 13.8 Å². The maximum absolute atomic E-state index is 12.1. The average molecular weight is 377 g/mol. The Hall–Kier alpha value is -3.06. The molecule has 0 saturated carbocycles. The number of hydrogen-bond acceptors (Lipinski definition) is 6. The van der Waals surface area contributed by atoms with Crippen LogP contribution in [0.15, 0.2) is 75.9 Å². The van der Waals surface area contributed by atoms with Crippen LogP contribution >= 0.6 is 11.8 Å². The van der Waals surface area contributed by atoms with Gasteiger partial charge in [-0.15, -0.1) is 0 Å². The molecule has 27 heavy (non-hydrogen) atoms. The van der Waals surface area contributed by atoms with Crippen molar-refractivity contribution in [3.8, 4) is 0 Å². The van der Waals surface area contributed by atoms with Crippen LogP contribution in [-0.2, 0) is 4.79 Å². The zero-order valence-electron chi connectivity index (χ0n) is 15.1. The van der Waals surface area contributed by atoms with Crippen molar-refractivity contribution in [3.63, 3.8) is 0 Å². The van der Waals surface area contributed by atoms with Gasteiger partial charge in [0.1, 0.15) is 10.9 Å². The molecule has 1 heterocycles. The summed E-state index contributed by atoms with van der Waals surface area (Å²) < 4.78 is 0. The molecule has 1 aromatic heterocycles. The van der Waals surface area contributed by atoms with Crippen LogP contribution < -0.4 is 5.32 Å². The van der Waals surface area contributed by atoms with Gasteiger partial charge in [0, 0.05) is 11.4 Å². The smallest absolute Gasteiger partial charge is 0.234 e. The quantitative estimate of drug-likeness (QED) is 0.362. The lowest BCUT2D eigenvalue weighted by atomic mass is 10.3. The lowest BCUT2D eigenvalue weighted by Gasteiger charge is -2.06. The molecule has 7 heteroatoms. The molecule has 3 rings (SSSR count). The van der Waals surface area contributed by atoms with E-state index in [4.69, 9.17) is 0 Å². The second-order valence-electron chi connectivity index (χ2n) is 5.81. The van der Waals surface area contributed by atoms with Gasteiger partial charge in [0.25, 0.3) is 0 Å². The second kappa shape index (κ2) is 9.05. The first kappa shape index (κ1) is 18.7. The summed E-state index contributed by atoms with van der Waals surface area (Å²) in [5, 5.41) is 12.0. The van der Waals surface area contributed by atoms with Gasteiger partial charge in [-0.05, 0) is 56.3 Å². The van der Waals surface area contributed by atoms with E-state index in [1.54, 1.807) is 12.1 Å². The molecule has 0 aliphatic rings. The Labute approximate surface area is 162 Å². The summed E-state index contributed by atoms with van der Waals surface area (Å²) in [6.07, 6.45) is 0. The largest absolute Gasteiger partial charge is 0.325 e. The molecular formula is C20H19N5OS. The summed E-state index contributed by atoms with van der Waals surface area (Å²) in [5.41, 5.74) is 3.13. The van der Waals surface area contributed by atoms with Crippen LogP contribution in [0.3, 0.4) is 0 Å². The molecule has 0 unspecified atom stereocenters. The number of azo groups is 1. The third-order valence-electron chi connectivity index (χ3n) is 3.48. The monoisotopic (exact) mass is 377 g/mol. The molecule has 0 spiro atoms.